The highest BCUT2D eigenvalue weighted by Gasteiger charge is 2.17. The van der Waals surface area contributed by atoms with Crippen molar-refractivity contribution >= 4 is 23.1 Å². The summed E-state index contributed by atoms with van der Waals surface area (Å²) >= 11 is 3.35. The van der Waals surface area contributed by atoms with Gasteiger partial charge in [0, 0.05) is 11.4 Å². The summed E-state index contributed by atoms with van der Waals surface area (Å²) in [5.74, 6) is 1.27. The Kier molecular flexibility index (Phi) is 4.35. The van der Waals surface area contributed by atoms with Crippen molar-refractivity contribution in [3.8, 4) is 0 Å². The molecule has 0 spiro atoms. The average molecular weight is 321 g/mol. The fraction of sp³-hybridized carbons (Fsp3) is 0.385. The Bertz CT molecular complexity index is 691. The lowest BCUT2D eigenvalue weighted by Crippen LogP contribution is -2.02. The lowest BCUT2D eigenvalue weighted by molar-refractivity contribution is 0.376. The van der Waals surface area contributed by atoms with Gasteiger partial charge in [-0.3, -0.25) is 0 Å². The van der Waals surface area contributed by atoms with E-state index in [1.165, 1.54) is 4.88 Å². The summed E-state index contributed by atoms with van der Waals surface area (Å²) in [6.07, 6.45) is 2.75. The average Bonchev–Trinajstić information content (AvgIpc) is 3.17. The van der Waals surface area contributed by atoms with Crippen LogP contribution in [0, 0.1) is 6.92 Å². The molecule has 0 saturated carbocycles. The first kappa shape index (κ1) is 14.3. The molecule has 0 radical (unpaired) electrons. The molecule has 8 heteroatoms. The van der Waals surface area contributed by atoms with E-state index >= 15 is 0 Å². The topological polar surface area (TPSA) is 69.6 Å². The molecule has 0 fully saturated rings. The molecule has 3 aromatic heterocycles. The molecule has 0 saturated heterocycles. The van der Waals surface area contributed by atoms with Crippen LogP contribution in [0.5, 0.6) is 0 Å². The zero-order valence-electron chi connectivity index (χ0n) is 11.8. The molecule has 21 heavy (non-hydrogen) atoms. The Hall–Kier alpha value is -1.67. The molecule has 1 unspecified atom stereocenters. The molecule has 110 valence electrons. The number of rotatable bonds is 6. The van der Waals surface area contributed by atoms with Crippen molar-refractivity contribution in [2.24, 2.45) is 0 Å². The maximum Gasteiger partial charge on any atom is 0.239 e. The molecule has 3 rings (SSSR count). The fourth-order valence-electron chi connectivity index (χ4n) is 1.86. The lowest BCUT2D eigenvalue weighted by Gasteiger charge is -2.08. The molecule has 0 aliphatic heterocycles. The van der Waals surface area contributed by atoms with Gasteiger partial charge in [0.2, 0.25) is 5.89 Å². The Morgan fingerprint density at radius 2 is 2.38 bits per heavy atom. The third-order valence-corrected chi connectivity index (χ3v) is 4.95. The summed E-state index contributed by atoms with van der Waals surface area (Å²) in [4.78, 5) is 5.61. The van der Waals surface area contributed by atoms with Crippen LogP contribution in [-0.2, 0) is 13.0 Å². The molecule has 1 atom stereocenters. The van der Waals surface area contributed by atoms with Crippen LogP contribution in [0.4, 0.5) is 0 Å². The minimum Gasteiger partial charge on any atom is -0.338 e. The number of aryl methyl sites for hydroxylation is 3. The molecular formula is C13H15N5OS2. The summed E-state index contributed by atoms with van der Waals surface area (Å²) in [5, 5.41) is 15.0. The first-order valence-corrected chi connectivity index (χ1v) is 8.35. The van der Waals surface area contributed by atoms with Crippen LogP contribution in [0.1, 0.15) is 28.8 Å². The summed E-state index contributed by atoms with van der Waals surface area (Å²) in [7, 11) is 0. The molecular weight excluding hydrogens is 306 g/mol. The number of thiophene rings is 1. The number of nitrogens with zero attached hydrogens (tertiary/aromatic N) is 5. The van der Waals surface area contributed by atoms with Crippen LogP contribution < -0.4 is 0 Å². The summed E-state index contributed by atoms with van der Waals surface area (Å²) in [6.45, 7) is 4.70. The van der Waals surface area contributed by atoms with Gasteiger partial charge in [-0.2, -0.15) is 4.98 Å². The highest BCUT2D eigenvalue weighted by atomic mass is 32.2. The van der Waals surface area contributed by atoms with Crippen LogP contribution in [-0.4, -0.2) is 24.9 Å². The van der Waals surface area contributed by atoms with Gasteiger partial charge in [0.1, 0.15) is 6.33 Å². The Labute approximate surface area is 130 Å². The predicted molar refractivity (Wildman–Crippen MR) is 81.4 cm³/mol. The Balaban J connectivity index is 1.64. The molecule has 0 amide bonds. The van der Waals surface area contributed by atoms with Crippen molar-refractivity contribution < 1.29 is 4.52 Å². The second-order valence-corrected chi connectivity index (χ2v) is 6.92. The number of aromatic nitrogens is 5. The van der Waals surface area contributed by atoms with E-state index in [4.69, 9.17) is 4.52 Å². The molecule has 0 aromatic carbocycles. The van der Waals surface area contributed by atoms with Crippen LogP contribution in [0.25, 0.3) is 0 Å². The summed E-state index contributed by atoms with van der Waals surface area (Å²) < 4.78 is 7.26. The van der Waals surface area contributed by atoms with Gasteiger partial charge in [-0.25, -0.2) is 0 Å². The first-order chi connectivity index (χ1) is 10.2. The highest BCUT2D eigenvalue weighted by Crippen LogP contribution is 2.32. The second-order valence-electron chi connectivity index (χ2n) is 4.58. The quantitative estimate of drug-likeness (QED) is 0.650. The normalized spacial score (nSPS) is 12.7. The van der Waals surface area contributed by atoms with Crippen molar-refractivity contribution in [3.63, 3.8) is 0 Å². The number of hydrogen-bond acceptors (Lipinski definition) is 7. The van der Waals surface area contributed by atoms with Crippen LogP contribution in [0.15, 0.2) is 33.5 Å². The zero-order chi connectivity index (χ0) is 14.7. The molecule has 6 nitrogen and oxygen atoms in total. The summed E-state index contributed by atoms with van der Waals surface area (Å²) in [6, 6.07) is 4.22. The van der Waals surface area contributed by atoms with Crippen molar-refractivity contribution in [1.82, 2.24) is 24.9 Å². The minimum atomic E-state index is 0.0517. The smallest absolute Gasteiger partial charge is 0.239 e. The van der Waals surface area contributed by atoms with Gasteiger partial charge in [-0.1, -0.05) is 23.0 Å². The van der Waals surface area contributed by atoms with Gasteiger partial charge in [0.25, 0.3) is 0 Å². The van der Waals surface area contributed by atoms with Gasteiger partial charge < -0.3 is 9.09 Å². The Morgan fingerprint density at radius 1 is 1.48 bits per heavy atom. The van der Waals surface area contributed by atoms with E-state index in [9.17, 15) is 0 Å². The minimum absolute atomic E-state index is 0.0517. The van der Waals surface area contributed by atoms with E-state index < -0.39 is 0 Å². The first-order valence-electron chi connectivity index (χ1n) is 6.59. The predicted octanol–water partition coefficient (Wildman–Crippen LogP) is 3.13. The lowest BCUT2D eigenvalue weighted by atomic mass is 10.3. The monoisotopic (exact) mass is 321 g/mol. The van der Waals surface area contributed by atoms with Gasteiger partial charge in [0.05, 0.1) is 5.25 Å². The van der Waals surface area contributed by atoms with Crippen LogP contribution in [0.2, 0.25) is 0 Å². The van der Waals surface area contributed by atoms with E-state index in [0.717, 1.165) is 18.1 Å². The highest BCUT2D eigenvalue weighted by molar-refractivity contribution is 7.99. The van der Waals surface area contributed by atoms with E-state index in [2.05, 4.69) is 42.4 Å². The third-order valence-electron chi connectivity index (χ3n) is 2.93. The largest absolute Gasteiger partial charge is 0.338 e. The SMILES string of the molecule is Cc1noc(C(C)Sc2nncn2CCc2cccs2)n1. The third kappa shape index (κ3) is 3.51. The molecule has 0 bridgehead atoms. The van der Waals surface area contributed by atoms with Gasteiger partial charge in [0.15, 0.2) is 11.0 Å². The van der Waals surface area contributed by atoms with E-state index in [0.29, 0.717) is 11.7 Å². The number of hydrogen-bond donors (Lipinski definition) is 0. The zero-order valence-corrected chi connectivity index (χ0v) is 13.4. The fourth-order valence-corrected chi connectivity index (χ4v) is 3.44. The van der Waals surface area contributed by atoms with Gasteiger partial charge >= 0.3 is 0 Å². The standard InChI is InChI=1S/C13H15N5OS2/c1-9(12-15-10(2)17-19-12)21-13-16-14-8-18(13)6-5-11-4-3-7-20-11/h3-4,7-9H,5-6H2,1-2H3. The molecule has 0 aliphatic rings. The van der Waals surface area contributed by atoms with E-state index in [-0.39, 0.29) is 5.25 Å². The van der Waals surface area contributed by atoms with Crippen molar-refractivity contribution in [1.29, 1.82) is 0 Å². The van der Waals surface area contributed by atoms with E-state index in [1.807, 2.05) is 13.8 Å². The second kappa shape index (κ2) is 6.40. The number of thioether (sulfide) groups is 1. The van der Waals surface area contributed by atoms with Gasteiger partial charge in [-0.05, 0) is 31.7 Å². The molecule has 0 aliphatic carbocycles. The van der Waals surface area contributed by atoms with E-state index in [1.54, 1.807) is 29.4 Å². The van der Waals surface area contributed by atoms with Crippen LogP contribution >= 0.6 is 23.1 Å². The van der Waals surface area contributed by atoms with Crippen molar-refractivity contribution in [2.45, 2.75) is 37.2 Å². The molecule has 3 aromatic rings. The van der Waals surface area contributed by atoms with Crippen molar-refractivity contribution in [2.75, 3.05) is 0 Å². The molecule has 0 N–H and O–H groups in total. The van der Waals surface area contributed by atoms with Crippen molar-refractivity contribution in [3.05, 3.63) is 40.4 Å². The maximum atomic E-state index is 5.20. The Morgan fingerprint density at radius 3 is 3.10 bits per heavy atom. The maximum absolute atomic E-state index is 5.20. The molecule has 3 heterocycles. The summed E-state index contributed by atoms with van der Waals surface area (Å²) in [5.41, 5.74) is 0. The van der Waals surface area contributed by atoms with Crippen LogP contribution in [0.3, 0.4) is 0 Å². The van der Waals surface area contributed by atoms with Gasteiger partial charge in [-0.15, -0.1) is 21.5 Å².